The number of rotatable bonds is 1. The number of fused-ring (bicyclic) bond motifs is 1. The van der Waals surface area contributed by atoms with E-state index in [0.29, 0.717) is 6.04 Å². The molecule has 66 valence electrons. The lowest BCUT2D eigenvalue weighted by Crippen LogP contribution is -1.98. The van der Waals surface area contributed by atoms with E-state index in [-0.39, 0.29) is 0 Å². The Morgan fingerprint density at radius 1 is 1.31 bits per heavy atom. The van der Waals surface area contributed by atoms with Gasteiger partial charge in [-0.05, 0) is 12.8 Å². The number of hydrogen-bond acceptors (Lipinski definition) is 3. The predicted molar refractivity (Wildman–Crippen MR) is 50.2 cm³/mol. The second kappa shape index (κ2) is 2.22. The Morgan fingerprint density at radius 2 is 2.15 bits per heavy atom. The first-order valence-electron chi connectivity index (χ1n) is 4.43. The second-order valence-electron chi connectivity index (χ2n) is 3.49. The van der Waals surface area contributed by atoms with Crippen LogP contribution in [0.3, 0.4) is 0 Å². The van der Waals surface area contributed by atoms with Gasteiger partial charge in [0.2, 0.25) is 0 Å². The van der Waals surface area contributed by atoms with Crippen LogP contribution in [0.1, 0.15) is 18.9 Å². The number of nitrogens with zero attached hydrogens (tertiary/aromatic N) is 3. The smallest absolute Gasteiger partial charge is 0.0946 e. The molecule has 1 aliphatic carbocycles. The number of anilines is 1. The van der Waals surface area contributed by atoms with Crippen molar-refractivity contribution >= 4 is 16.6 Å². The molecule has 0 spiro atoms. The molecule has 4 heteroatoms. The normalized spacial score (nSPS) is 16.6. The fraction of sp³-hybridized carbons (Fsp3) is 0.333. The Kier molecular flexibility index (Phi) is 1.17. The average molecular weight is 174 g/mol. The van der Waals surface area contributed by atoms with Crippen molar-refractivity contribution in [1.29, 1.82) is 0 Å². The summed E-state index contributed by atoms with van der Waals surface area (Å²) in [6, 6.07) is 0.571. The van der Waals surface area contributed by atoms with Crippen molar-refractivity contribution < 1.29 is 0 Å². The number of hydrogen-bond donors (Lipinski definition) is 1. The first-order chi connectivity index (χ1) is 6.36. The number of nitrogens with two attached hydrogens (primary N) is 1. The molecule has 1 fully saturated rings. The minimum absolute atomic E-state index is 0.571. The summed E-state index contributed by atoms with van der Waals surface area (Å²) in [6.07, 6.45) is 7.76. The van der Waals surface area contributed by atoms with E-state index < -0.39 is 0 Å². The van der Waals surface area contributed by atoms with Gasteiger partial charge in [-0.15, -0.1) is 0 Å². The molecule has 3 rings (SSSR count). The standard InChI is InChI=1S/C9H10N4/c10-8-5-11-3-6-4-12-13(9(6)8)7-1-2-7/h3-5,7H,1-2,10H2. The van der Waals surface area contributed by atoms with Gasteiger partial charge in [0, 0.05) is 11.6 Å². The third-order valence-corrected chi connectivity index (χ3v) is 2.42. The van der Waals surface area contributed by atoms with Crippen molar-refractivity contribution in [2.75, 3.05) is 5.73 Å². The molecule has 0 aliphatic heterocycles. The molecule has 1 aliphatic rings. The van der Waals surface area contributed by atoms with Crippen LogP contribution < -0.4 is 5.73 Å². The van der Waals surface area contributed by atoms with Crippen molar-refractivity contribution in [1.82, 2.24) is 14.8 Å². The van der Waals surface area contributed by atoms with Gasteiger partial charge in [0.05, 0.1) is 29.6 Å². The third kappa shape index (κ3) is 0.915. The Morgan fingerprint density at radius 3 is 2.92 bits per heavy atom. The molecule has 2 aromatic heterocycles. The van der Waals surface area contributed by atoms with Gasteiger partial charge in [0.15, 0.2) is 0 Å². The van der Waals surface area contributed by atoms with E-state index >= 15 is 0 Å². The van der Waals surface area contributed by atoms with E-state index in [1.54, 1.807) is 12.4 Å². The summed E-state index contributed by atoms with van der Waals surface area (Å²) in [5.74, 6) is 0. The predicted octanol–water partition coefficient (Wildman–Crippen LogP) is 1.35. The highest BCUT2D eigenvalue weighted by Gasteiger charge is 2.26. The van der Waals surface area contributed by atoms with E-state index in [0.717, 1.165) is 16.6 Å². The molecule has 0 saturated heterocycles. The molecular formula is C9H10N4. The van der Waals surface area contributed by atoms with E-state index in [1.807, 2.05) is 10.9 Å². The Labute approximate surface area is 75.4 Å². The van der Waals surface area contributed by atoms with Crippen LogP contribution in [0.5, 0.6) is 0 Å². The lowest BCUT2D eigenvalue weighted by Gasteiger charge is -2.01. The topological polar surface area (TPSA) is 56.7 Å². The molecule has 0 atom stereocenters. The van der Waals surface area contributed by atoms with Gasteiger partial charge in [-0.2, -0.15) is 5.10 Å². The quantitative estimate of drug-likeness (QED) is 0.709. The maximum absolute atomic E-state index is 5.84. The van der Waals surface area contributed by atoms with Gasteiger partial charge in [-0.1, -0.05) is 0 Å². The fourth-order valence-corrected chi connectivity index (χ4v) is 1.62. The molecule has 1 saturated carbocycles. The molecule has 2 heterocycles. The minimum Gasteiger partial charge on any atom is -0.396 e. The largest absolute Gasteiger partial charge is 0.396 e. The lowest BCUT2D eigenvalue weighted by atomic mass is 10.3. The summed E-state index contributed by atoms with van der Waals surface area (Å²) in [5, 5.41) is 5.35. The van der Waals surface area contributed by atoms with Gasteiger partial charge in [-0.3, -0.25) is 9.67 Å². The molecule has 0 amide bonds. The highest BCUT2D eigenvalue weighted by atomic mass is 15.3. The summed E-state index contributed by atoms with van der Waals surface area (Å²) in [4.78, 5) is 4.03. The Bertz CT molecular complexity index is 456. The molecule has 2 aromatic rings. The van der Waals surface area contributed by atoms with Crippen molar-refractivity contribution in [2.45, 2.75) is 18.9 Å². The minimum atomic E-state index is 0.571. The van der Waals surface area contributed by atoms with E-state index in [2.05, 4.69) is 10.1 Å². The molecular weight excluding hydrogens is 164 g/mol. The number of nitrogen functional groups attached to an aromatic ring is 1. The van der Waals surface area contributed by atoms with Crippen LogP contribution in [0.2, 0.25) is 0 Å². The summed E-state index contributed by atoms with van der Waals surface area (Å²) >= 11 is 0. The van der Waals surface area contributed by atoms with Gasteiger partial charge in [0.1, 0.15) is 0 Å². The first kappa shape index (κ1) is 6.88. The molecule has 13 heavy (non-hydrogen) atoms. The summed E-state index contributed by atoms with van der Waals surface area (Å²) in [7, 11) is 0. The first-order valence-corrected chi connectivity index (χ1v) is 4.43. The van der Waals surface area contributed by atoms with Crippen LogP contribution >= 0.6 is 0 Å². The zero-order valence-electron chi connectivity index (χ0n) is 7.14. The van der Waals surface area contributed by atoms with E-state index in [1.165, 1.54) is 12.8 Å². The van der Waals surface area contributed by atoms with Crippen LogP contribution in [0, 0.1) is 0 Å². The van der Waals surface area contributed by atoms with Crippen molar-refractivity contribution in [3.05, 3.63) is 18.6 Å². The number of pyridine rings is 1. The van der Waals surface area contributed by atoms with Crippen LogP contribution in [0.4, 0.5) is 5.69 Å². The maximum atomic E-state index is 5.84. The van der Waals surface area contributed by atoms with Crippen molar-refractivity contribution in [2.24, 2.45) is 0 Å². The summed E-state index contributed by atoms with van der Waals surface area (Å²) in [6.45, 7) is 0. The van der Waals surface area contributed by atoms with Gasteiger partial charge in [-0.25, -0.2) is 0 Å². The number of aromatic nitrogens is 3. The highest BCUT2D eigenvalue weighted by molar-refractivity contribution is 5.88. The van der Waals surface area contributed by atoms with Gasteiger partial charge >= 0.3 is 0 Å². The second-order valence-corrected chi connectivity index (χ2v) is 3.49. The molecule has 0 bridgehead atoms. The summed E-state index contributed by atoms with van der Waals surface area (Å²) < 4.78 is 2.02. The average Bonchev–Trinajstić information content (AvgIpc) is 2.87. The van der Waals surface area contributed by atoms with Crippen molar-refractivity contribution in [3.8, 4) is 0 Å². The maximum Gasteiger partial charge on any atom is 0.0946 e. The highest BCUT2D eigenvalue weighted by Crippen LogP contribution is 2.37. The van der Waals surface area contributed by atoms with E-state index in [4.69, 9.17) is 5.73 Å². The Balaban J connectivity index is 2.34. The monoisotopic (exact) mass is 174 g/mol. The fourth-order valence-electron chi connectivity index (χ4n) is 1.62. The zero-order valence-corrected chi connectivity index (χ0v) is 7.14. The van der Waals surface area contributed by atoms with Crippen LogP contribution in [-0.2, 0) is 0 Å². The third-order valence-electron chi connectivity index (χ3n) is 2.42. The zero-order chi connectivity index (χ0) is 8.84. The summed E-state index contributed by atoms with van der Waals surface area (Å²) in [5.41, 5.74) is 7.61. The molecule has 0 unspecified atom stereocenters. The molecule has 0 radical (unpaired) electrons. The van der Waals surface area contributed by atoms with Crippen molar-refractivity contribution in [3.63, 3.8) is 0 Å². The molecule has 2 N–H and O–H groups in total. The van der Waals surface area contributed by atoms with Crippen LogP contribution in [0.15, 0.2) is 18.6 Å². The van der Waals surface area contributed by atoms with Crippen LogP contribution in [0.25, 0.3) is 10.9 Å². The molecule has 4 nitrogen and oxygen atoms in total. The van der Waals surface area contributed by atoms with Gasteiger partial charge in [0.25, 0.3) is 0 Å². The lowest BCUT2D eigenvalue weighted by molar-refractivity contribution is 0.666. The van der Waals surface area contributed by atoms with Crippen LogP contribution in [-0.4, -0.2) is 14.8 Å². The molecule has 0 aromatic carbocycles. The van der Waals surface area contributed by atoms with E-state index in [9.17, 15) is 0 Å². The Hall–Kier alpha value is -1.58. The SMILES string of the molecule is Nc1cncc2cnn(C3CC3)c12. The van der Waals surface area contributed by atoms with Gasteiger partial charge < -0.3 is 5.73 Å².